The van der Waals surface area contributed by atoms with Crippen LogP contribution < -0.4 is 9.64 Å². The second kappa shape index (κ2) is 7.44. The molecule has 0 saturated carbocycles. The van der Waals surface area contributed by atoms with Crippen molar-refractivity contribution in [2.45, 2.75) is 6.54 Å². The van der Waals surface area contributed by atoms with Crippen LogP contribution in [0.15, 0.2) is 41.2 Å². The number of rotatable bonds is 5. The number of hydrogen-bond donors (Lipinski definition) is 0. The fraction of sp³-hybridized carbons (Fsp3) is 0.353. The van der Waals surface area contributed by atoms with E-state index in [-0.39, 0.29) is 0 Å². The molecule has 9 heteroatoms. The summed E-state index contributed by atoms with van der Waals surface area (Å²) in [6.07, 6.45) is 5.14. The van der Waals surface area contributed by atoms with Gasteiger partial charge in [0.05, 0.1) is 19.2 Å². The molecule has 0 aromatic carbocycles. The Balaban J connectivity index is 1.35. The molecule has 0 amide bonds. The Morgan fingerprint density at radius 3 is 2.77 bits per heavy atom. The van der Waals surface area contributed by atoms with Crippen molar-refractivity contribution >= 4 is 5.95 Å². The number of nitrogens with zero attached hydrogens (tertiary/aromatic N) is 7. The maximum absolute atomic E-state index is 5.76. The minimum atomic E-state index is 0.497. The van der Waals surface area contributed by atoms with E-state index in [1.165, 1.54) is 0 Å². The van der Waals surface area contributed by atoms with Crippen molar-refractivity contribution in [3.05, 3.63) is 42.7 Å². The summed E-state index contributed by atoms with van der Waals surface area (Å²) in [6.45, 7) is 4.02. The summed E-state index contributed by atoms with van der Waals surface area (Å²) >= 11 is 0. The maximum atomic E-state index is 5.76. The van der Waals surface area contributed by atoms with E-state index >= 15 is 0 Å². The van der Waals surface area contributed by atoms with E-state index < -0.39 is 0 Å². The van der Waals surface area contributed by atoms with Crippen LogP contribution in [0.1, 0.15) is 5.89 Å². The van der Waals surface area contributed by atoms with Crippen molar-refractivity contribution in [1.82, 2.24) is 30.0 Å². The number of aromatic nitrogens is 5. The minimum Gasteiger partial charge on any atom is -0.481 e. The molecule has 1 saturated heterocycles. The van der Waals surface area contributed by atoms with Crippen LogP contribution in [0, 0.1) is 0 Å². The van der Waals surface area contributed by atoms with Gasteiger partial charge in [0, 0.05) is 50.8 Å². The second-order valence-electron chi connectivity index (χ2n) is 5.90. The zero-order chi connectivity index (χ0) is 17.8. The van der Waals surface area contributed by atoms with Crippen LogP contribution in [0.3, 0.4) is 0 Å². The Morgan fingerprint density at radius 1 is 1.12 bits per heavy atom. The summed E-state index contributed by atoms with van der Waals surface area (Å²) < 4.78 is 10.9. The molecule has 1 aliphatic rings. The van der Waals surface area contributed by atoms with Crippen LogP contribution in [0.25, 0.3) is 11.5 Å². The molecule has 3 aromatic rings. The average molecular weight is 353 g/mol. The molecule has 0 spiro atoms. The van der Waals surface area contributed by atoms with Gasteiger partial charge in [0.1, 0.15) is 0 Å². The predicted octanol–water partition coefficient (Wildman–Crippen LogP) is 1.25. The van der Waals surface area contributed by atoms with E-state index in [2.05, 4.69) is 34.9 Å². The molecule has 0 aliphatic carbocycles. The van der Waals surface area contributed by atoms with Crippen LogP contribution in [-0.2, 0) is 6.54 Å². The number of methoxy groups -OCH3 is 1. The van der Waals surface area contributed by atoms with Crippen LogP contribution in [0.2, 0.25) is 0 Å². The number of hydrogen-bond acceptors (Lipinski definition) is 9. The van der Waals surface area contributed by atoms with Gasteiger partial charge >= 0.3 is 0 Å². The SMILES string of the molecule is COc1ccnc(N2CCN(Cc3nnc(-c4cccnc4)o3)CC2)n1. The Hall–Kier alpha value is -3.07. The first-order valence-electron chi connectivity index (χ1n) is 8.39. The van der Waals surface area contributed by atoms with Gasteiger partial charge in [-0.05, 0) is 12.1 Å². The summed E-state index contributed by atoms with van der Waals surface area (Å²) in [5.74, 6) is 2.37. The molecule has 4 heterocycles. The molecule has 134 valence electrons. The fourth-order valence-corrected chi connectivity index (χ4v) is 2.82. The smallest absolute Gasteiger partial charge is 0.249 e. The highest BCUT2D eigenvalue weighted by atomic mass is 16.5. The minimum absolute atomic E-state index is 0.497. The highest BCUT2D eigenvalue weighted by Crippen LogP contribution is 2.18. The standard InChI is InChI=1S/C17H19N7O2/c1-25-14-4-6-19-17(20-14)24-9-7-23(8-10-24)12-15-21-22-16(26-15)13-3-2-5-18-11-13/h2-6,11H,7-10,12H2,1H3. The first-order valence-corrected chi connectivity index (χ1v) is 8.39. The normalized spacial score (nSPS) is 15.2. The third-order valence-electron chi connectivity index (χ3n) is 4.22. The van der Waals surface area contributed by atoms with Crippen molar-refractivity contribution in [3.63, 3.8) is 0 Å². The fourth-order valence-electron chi connectivity index (χ4n) is 2.82. The quantitative estimate of drug-likeness (QED) is 0.672. The summed E-state index contributed by atoms with van der Waals surface area (Å²) in [5.41, 5.74) is 0.825. The van der Waals surface area contributed by atoms with Crippen LogP contribution in [0.4, 0.5) is 5.95 Å². The third-order valence-corrected chi connectivity index (χ3v) is 4.22. The van der Waals surface area contributed by atoms with Crippen LogP contribution >= 0.6 is 0 Å². The highest BCUT2D eigenvalue weighted by molar-refractivity contribution is 5.49. The lowest BCUT2D eigenvalue weighted by Crippen LogP contribution is -2.46. The van der Waals surface area contributed by atoms with Gasteiger partial charge in [-0.1, -0.05) is 0 Å². The van der Waals surface area contributed by atoms with Gasteiger partial charge in [0.2, 0.25) is 23.6 Å². The number of anilines is 1. The Kier molecular flexibility index (Phi) is 4.69. The molecule has 0 bridgehead atoms. The Morgan fingerprint density at radius 2 is 2.00 bits per heavy atom. The molecular formula is C17H19N7O2. The Bertz CT molecular complexity index is 847. The van der Waals surface area contributed by atoms with Crippen molar-refractivity contribution in [3.8, 4) is 17.3 Å². The van der Waals surface area contributed by atoms with E-state index in [9.17, 15) is 0 Å². The molecule has 4 rings (SSSR count). The number of piperazine rings is 1. The van der Waals surface area contributed by atoms with Crippen molar-refractivity contribution in [2.24, 2.45) is 0 Å². The van der Waals surface area contributed by atoms with E-state index in [0.29, 0.717) is 30.2 Å². The van der Waals surface area contributed by atoms with Crippen LogP contribution in [0.5, 0.6) is 5.88 Å². The highest BCUT2D eigenvalue weighted by Gasteiger charge is 2.21. The molecule has 0 N–H and O–H groups in total. The number of pyridine rings is 1. The van der Waals surface area contributed by atoms with E-state index in [0.717, 1.165) is 31.7 Å². The van der Waals surface area contributed by atoms with E-state index in [4.69, 9.17) is 9.15 Å². The lowest BCUT2D eigenvalue weighted by atomic mass is 10.3. The van der Waals surface area contributed by atoms with Gasteiger partial charge in [-0.15, -0.1) is 10.2 Å². The van der Waals surface area contributed by atoms with Crippen molar-refractivity contribution in [1.29, 1.82) is 0 Å². The molecule has 0 unspecified atom stereocenters. The summed E-state index contributed by atoms with van der Waals surface area (Å²) in [5, 5.41) is 8.25. The molecular weight excluding hydrogens is 334 g/mol. The molecule has 1 fully saturated rings. The van der Waals surface area contributed by atoms with Gasteiger partial charge in [-0.25, -0.2) is 4.98 Å². The van der Waals surface area contributed by atoms with Gasteiger partial charge in [-0.2, -0.15) is 4.98 Å². The van der Waals surface area contributed by atoms with Gasteiger partial charge in [0.15, 0.2) is 0 Å². The topological polar surface area (TPSA) is 93.3 Å². The Labute approximate surface area is 150 Å². The molecule has 0 atom stereocenters. The van der Waals surface area contributed by atoms with Gasteiger partial charge in [-0.3, -0.25) is 9.88 Å². The lowest BCUT2D eigenvalue weighted by Gasteiger charge is -2.33. The average Bonchev–Trinajstić information content (AvgIpc) is 3.18. The first kappa shape index (κ1) is 16.4. The summed E-state index contributed by atoms with van der Waals surface area (Å²) in [7, 11) is 1.61. The zero-order valence-corrected chi connectivity index (χ0v) is 14.4. The largest absolute Gasteiger partial charge is 0.481 e. The molecule has 9 nitrogen and oxygen atoms in total. The first-order chi connectivity index (χ1) is 12.8. The monoisotopic (exact) mass is 353 g/mol. The lowest BCUT2D eigenvalue weighted by molar-refractivity contribution is 0.226. The molecule has 3 aromatic heterocycles. The van der Waals surface area contributed by atoms with Gasteiger partial charge < -0.3 is 14.1 Å². The molecule has 26 heavy (non-hydrogen) atoms. The zero-order valence-electron chi connectivity index (χ0n) is 14.4. The third kappa shape index (κ3) is 3.62. The van der Waals surface area contributed by atoms with E-state index in [1.807, 2.05) is 12.1 Å². The van der Waals surface area contributed by atoms with Crippen molar-refractivity contribution < 1.29 is 9.15 Å². The van der Waals surface area contributed by atoms with Crippen LogP contribution in [-0.4, -0.2) is 63.3 Å². The number of ether oxygens (including phenoxy) is 1. The van der Waals surface area contributed by atoms with Crippen molar-refractivity contribution in [2.75, 3.05) is 38.2 Å². The second-order valence-corrected chi connectivity index (χ2v) is 5.90. The maximum Gasteiger partial charge on any atom is 0.249 e. The molecule has 1 aliphatic heterocycles. The molecule has 0 radical (unpaired) electrons. The van der Waals surface area contributed by atoms with E-state index in [1.54, 1.807) is 31.8 Å². The predicted molar refractivity (Wildman–Crippen MR) is 93.6 cm³/mol. The summed E-state index contributed by atoms with van der Waals surface area (Å²) in [6, 6.07) is 5.49. The van der Waals surface area contributed by atoms with Gasteiger partial charge in [0.25, 0.3) is 0 Å². The summed E-state index contributed by atoms with van der Waals surface area (Å²) in [4.78, 5) is 17.2.